The summed E-state index contributed by atoms with van der Waals surface area (Å²) in [4.78, 5) is 18.3. The molecule has 0 aliphatic carbocycles. The van der Waals surface area contributed by atoms with Crippen LogP contribution in [0, 0.1) is 0 Å². The van der Waals surface area contributed by atoms with Gasteiger partial charge in [-0.1, -0.05) is 30.3 Å². The molecule has 0 bridgehead atoms. The van der Waals surface area contributed by atoms with Crippen molar-refractivity contribution < 1.29 is 4.79 Å². The van der Waals surface area contributed by atoms with Crippen LogP contribution in [0.4, 0.5) is 5.82 Å². The molecule has 0 saturated carbocycles. The van der Waals surface area contributed by atoms with E-state index in [1.807, 2.05) is 12.1 Å². The summed E-state index contributed by atoms with van der Waals surface area (Å²) < 4.78 is 0. The van der Waals surface area contributed by atoms with E-state index in [2.05, 4.69) is 54.5 Å². The van der Waals surface area contributed by atoms with Gasteiger partial charge < -0.3 is 4.90 Å². The van der Waals surface area contributed by atoms with E-state index in [9.17, 15) is 4.79 Å². The van der Waals surface area contributed by atoms with Gasteiger partial charge in [-0.15, -0.1) is 37.2 Å². The van der Waals surface area contributed by atoms with Crippen molar-refractivity contribution >= 4 is 48.9 Å². The van der Waals surface area contributed by atoms with Crippen molar-refractivity contribution in [3.05, 3.63) is 59.3 Å². The summed E-state index contributed by atoms with van der Waals surface area (Å²) in [7, 11) is 0. The molecular formula is C19H29Cl3N4O. The van der Waals surface area contributed by atoms with Crippen LogP contribution >= 0.6 is 37.2 Å². The molecule has 8 heteroatoms. The lowest BCUT2D eigenvalue weighted by molar-refractivity contribution is -0.120. The minimum Gasteiger partial charge on any atom is -0.357 e. The third-order valence-corrected chi connectivity index (χ3v) is 4.10. The Morgan fingerprint density at radius 2 is 1.56 bits per heavy atom. The van der Waals surface area contributed by atoms with Crippen molar-refractivity contribution in [2.75, 3.05) is 18.0 Å². The zero-order chi connectivity index (χ0) is 17.4. The minimum absolute atomic E-state index is 0. The highest BCUT2D eigenvalue weighted by atomic mass is 35.5. The van der Waals surface area contributed by atoms with Crippen LogP contribution in [0.5, 0.6) is 0 Å². The summed E-state index contributed by atoms with van der Waals surface area (Å²) in [5.41, 5.74) is 5.45. The Hall–Kier alpha value is -1.53. The molecule has 2 aromatic rings. The van der Waals surface area contributed by atoms with E-state index in [4.69, 9.17) is 10.8 Å². The monoisotopic (exact) mass is 434 g/mol. The highest BCUT2D eigenvalue weighted by Gasteiger charge is 2.05. The molecule has 0 aliphatic rings. The Morgan fingerprint density at radius 1 is 0.963 bits per heavy atom. The molecule has 0 atom stereocenters. The Labute approximate surface area is 180 Å². The van der Waals surface area contributed by atoms with Gasteiger partial charge in [-0.2, -0.15) is 0 Å². The van der Waals surface area contributed by atoms with Crippen molar-refractivity contribution in [1.29, 1.82) is 0 Å². The Kier molecular flexibility index (Phi) is 14.9. The second kappa shape index (κ2) is 14.5. The van der Waals surface area contributed by atoms with Gasteiger partial charge in [0.05, 0.1) is 6.42 Å². The van der Waals surface area contributed by atoms with Gasteiger partial charge in [0.1, 0.15) is 5.82 Å². The molecule has 1 amide bonds. The number of halogens is 3. The Balaban J connectivity index is 0. The van der Waals surface area contributed by atoms with E-state index < -0.39 is 0 Å². The number of carbonyl (C=O) groups is 1. The number of rotatable bonds is 8. The Bertz CT molecular complexity index is 664. The predicted molar refractivity (Wildman–Crippen MR) is 119 cm³/mol. The largest absolute Gasteiger partial charge is 0.357 e. The van der Waals surface area contributed by atoms with Crippen molar-refractivity contribution in [3.63, 3.8) is 0 Å². The zero-order valence-corrected chi connectivity index (χ0v) is 18.1. The summed E-state index contributed by atoms with van der Waals surface area (Å²) in [6.07, 6.45) is 2.14. The normalized spacial score (nSPS) is 9.30. The molecular weight excluding hydrogens is 407 g/mol. The smallest absolute Gasteiger partial charge is 0.238 e. The van der Waals surface area contributed by atoms with E-state index in [-0.39, 0.29) is 43.1 Å². The summed E-state index contributed by atoms with van der Waals surface area (Å²) in [5.74, 6) is 5.97. The highest BCUT2D eigenvalue weighted by Crippen LogP contribution is 2.13. The molecule has 1 heterocycles. The van der Waals surface area contributed by atoms with Crippen LogP contribution in [0.15, 0.2) is 42.5 Å². The fourth-order valence-electron chi connectivity index (χ4n) is 2.66. The van der Waals surface area contributed by atoms with E-state index in [0.717, 1.165) is 43.0 Å². The third-order valence-electron chi connectivity index (χ3n) is 4.10. The van der Waals surface area contributed by atoms with Crippen LogP contribution in [-0.2, 0) is 24.1 Å². The number of benzene rings is 1. The van der Waals surface area contributed by atoms with E-state index >= 15 is 0 Å². The lowest BCUT2D eigenvalue weighted by Gasteiger charge is -2.20. The number of aromatic nitrogens is 1. The van der Waals surface area contributed by atoms with Gasteiger partial charge in [0.2, 0.25) is 5.91 Å². The molecule has 152 valence electrons. The summed E-state index contributed by atoms with van der Waals surface area (Å²) in [5, 5.41) is 0. The summed E-state index contributed by atoms with van der Waals surface area (Å²) in [6, 6.07) is 14.3. The van der Waals surface area contributed by atoms with Crippen LogP contribution in [0.1, 0.15) is 30.7 Å². The molecule has 3 N–H and O–H groups in total. The predicted octanol–water partition coefficient (Wildman–Crippen LogP) is 3.51. The van der Waals surface area contributed by atoms with Gasteiger partial charge in [0.15, 0.2) is 0 Å². The summed E-state index contributed by atoms with van der Waals surface area (Å²) in [6.45, 7) is 6.21. The van der Waals surface area contributed by atoms with Crippen LogP contribution in [0.2, 0.25) is 0 Å². The lowest BCUT2D eigenvalue weighted by Crippen LogP contribution is -2.31. The number of amides is 1. The summed E-state index contributed by atoms with van der Waals surface area (Å²) >= 11 is 0. The maximum absolute atomic E-state index is 11.3. The van der Waals surface area contributed by atoms with Gasteiger partial charge in [-0.05, 0) is 49.9 Å². The first-order valence-electron chi connectivity index (χ1n) is 8.44. The maximum atomic E-state index is 11.3. The van der Waals surface area contributed by atoms with Gasteiger partial charge in [0, 0.05) is 18.8 Å². The number of hydrogen-bond acceptors (Lipinski definition) is 4. The number of nitrogens with two attached hydrogens (primary N) is 1. The average Bonchev–Trinajstić information content (AvgIpc) is 2.62. The van der Waals surface area contributed by atoms with Crippen LogP contribution < -0.4 is 16.2 Å². The minimum atomic E-state index is -0.180. The lowest BCUT2D eigenvalue weighted by atomic mass is 10.0. The second-order valence-electron chi connectivity index (χ2n) is 5.72. The molecule has 0 spiro atoms. The average molecular weight is 436 g/mol. The third kappa shape index (κ3) is 8.80. The topological polar surface area (TPSA) is 71.2 Å². The molecule has 0 aliphatic heterocycles. The quantitative estimate of drug-likeness (QED) is 0.378. The zero-order valence-electron chi connectivity index (χ0n) is 15.7. The van der Waals surface area contributed by atoms with E-state index in [1.165, 1.54) is 5.56 Å². The van der Waals surface area contributed by atoms with Crippen molar-refractivity contribution in [2.45, 2.75) is 33.1 Å². The number of hydrogen-bond donors (Lipinski definition) is 2. The SMILES string of the molecule is CCN(CC)c1cccc(CCc2ccc(CC(=O)NN)cc2)n1.Cl.Cl.Cl. The molecule has 0 radical (unpaired) electrons. The molecule has 1 aromatic heterocycles. The number of nitrogens with zero attached hydrogens (tertiary/aromatic N) is 2. The molecule has 0 fully saturated rings. The molecule has 1 aromatic carbocycles. The molecule has 27 heavy (non-hydrogen) atoms. The van der Waals surface area contributed by atoms with Crippen molar-refractivity contribution in [1.82, 2.24) is 10.4 Å². The first-order chi connectivity index (χ1) is 11.7. The Morgan fingerprint density at radius 3 is 2.11 bits per heavy atom. The molecule has 0 unspecified atom stereocenters. The van der Waals surface area contributed by atoms with Crippen LogP contribution in [0.25, 0.3) is 0 Å². The number of aryl methyl sites for hydroxylation is 2. The van der Waals surface area contributed by atoms with Crippen LogP contribution in [0.3, 0.4) is 0 Å². The number of nitrogens with one attached hydrogen (secondary N) is 1. The fraction of sp³-hybridized carbons (Fsp3) is 0.368. The molecule has 0 saturated heterocycles. The number of carbonyl (C=O) groups excluding carboxylic acids is 1. The first kappa shape index (κ1) is 27.7. The second-order valence-corrected chi connectivity index (χ2v) is 5.72. The number of anilines is 1. The molecule has 5 nitrogen and oxygen atoms in total. The van der Waals surface area contributed by atoms with Gasteiger partial charge in [0.25, 0.3) is 0 Å². The van der Waals surface area contributed by atoms with Gasteiger partial charge >= 0.3 is 0 Å². The number of hydrazine groups is 1. The van der Waals surface area contributed by atoms with Crippen molar-refractivity contribution in [3.8, 4) is 0 Å². The van der Waals surface area contributed by atoms with Crippen LogP contribution in [-0.4, -0.2) is 24.0 Å². The fourth-order valence-corrected chi connectivity index (χ4v) is 2.66. The molecule has 2 rings (SSSR count). The first-order valence-corrected chi connectivity index (χ1v) is 8.44. The maximum Gasteiger partial charge on any atom is 0.238 e. The van der Waals surface area contributed by atoms with E-state index in [0.29, 0.717) is 6.42 Å². The van der Waals surface area contributed by atoms with Gasteiger partial charge in [-0.3, -0.25) is 10.2 Å². The van der Waals surface area contributed by atoms with Crippen molar-refractivity contribution in [2.24, 2.45) is 5.84 Å². The highest BCUT2D eigenvalue weighted by molar-refractivity contribution is 5.86. The van der Waals surface area contributed by atoms with Gasteiger partial charge in [-0.25, -0.2) is 10.8 Å². The standard InChI is InChI=1S/C19H26N4O.3ClH/c1-3-23(4-2)18-7-5-6-17(21-18)13-12-15-8-10-16(11-9-15)14-19(24)22-20;;;/h5-11H,3-4,12-14,20H2,1-2H3,(H,22,24);3*1H. The van der Waals surface area contributed by atoms with E-state index in [1.54, 1.807) is 0 Å². The number of pyridine rings is 1.